The summed E-state index contributed by atoms with van der Waals surface area (Å²) in [7, 11) is 3.44. The highest BCUT2D eigenvalue weighted by Gasteiger charge is 2.13. The van der Waals surface area contributed by atoms with Crippen molar-refractivity contribution in [1.29, 1.82) is 0 Å². The van der Waals surface area contributed by atoms with E-state index in [1.54, 1.807) is 38.4 Å². The van der Waals surface area contributed by atoms with Crippen LogP contribution in [0.25, 0.3) is 15.3 Å². The molecule has 0 atom stereocenters. The van der Waals surface area contributed by atoms with Gasteiger partial charge < -0.3 is 16.0 Å². The van der Waals surface area contributed by atoms with Gasteiger partial charge in [-0.05, 0) is 36.4 Å². The van der Waals surface area contributed by atoms with Gasteiger partial charge in [0.1, 0.15) is 0 Å². The molecule has 2 aromatic carbocycles. The summed E-state index contributed by atoms with van der Waals surface area (Å²) in [5.41, 5.74) is 8.27. The smallest absolute Gasteiger partial charge is 0.253 e. The van der Waals surface area contributed by atoms with Crippen molar-refractivity contribution in [3.05, 3.63) is 54.1 Å². The predicted octanol–water partition coefficient (Wildman–Crippen LogP) is 2.90. The summed E-state index contributed by atoms with van der Waals surface area (Å²) in [5.74, 6) is 0.554. The van der Waals surface area contributed by atoms with Crippen LogP contribution in [0.2, 0.25) is 0 Å². The van der Waals surface area contributed by atoms with Crippen LogP contribution in [0, 0.1) is 0 Å². The summed E-state index contributed by atoms with van der Waals surface area (Å²) in [5, 5.41) is 8.15. The lowest BCUT2D eigenvalue weighted by Gasteiger charge is -2.10. The molecule has 2 aromatic heterocycles. The number of para-hydroxylation sites is 1. The van der Waals surface area contributed by atoms with Gasteiger partial charge in [-0.3, -0.25) is 4.79 Å². The molecule has 0 radical (unpaired) electrons. The minimum absolute atomic E-state index is 0.0518. The minimum Gasteiger partial charge on any atom is -0.368 e. The second-order valence-electron chi connectivity index (χ2n) is 6.07. The average Bonchev–Trinajstić information content (AvgIpc) is 3.24. The van der Waals surface area contributed by atoms with E-state index in [0.29, 0.717) is 16.6 Å². The number of fused-ring (bicyclic) bond motifs is 1. The van der Waals surface area contributed by atoms with Gasteiger partial charge in [0, 0.05) is 25.3 Å². The molecular formula is C18H17N7OS. The summed E-state index contributed by atoms with van der Waals surface area (Å²) >= 11 is 1.49. The number of thiazole rings is 1. The summed E-state index contributed by atoms with van der Waals surface area (Å²) in [6, 6.07) is 14.9. The fraction of sp³-hybridized carbons (Fsp3) is 0.111. The van der Waals surface area contributed by atoms with Gasteiger partial charge in [-0.1, -0.05) is 23.5 Å². The first-order valence-corrected chi connectivity index (χ1v) is 9.00. The highest BCUT2D eigenvalue weighted by molar-refractivity contribution is 7.20. The van der Waals surface area contributed by atoms with E-state index in [9.17, 15) is 4.79 Å². The number of benzene rings is 2. The predicted molar refractivity (Wildman–Crippen MR) is 107 cm³/mol. The van der Waals surface area contributed by atoms with Crippen LogP contribution in [0.4, 0.5) is 17.6 Å². The number of rotatable bonds is 4. The zero-order chi connectivity index (χ0) is 19.0. The molecule has 27 heavy (non-hydrogen) atoms. The van der Waals surface area contributed by atoms with Crippen molar-refractivity contribution in [3.63, 3.8) is 0 Å². The van der Waals surface area contributed by atoms with Crippen molar-refractivity contribution in [2.75, 3.05) is 25.1 Å². The van der Waals surface area contributed by atoms with Crippen molar-refractivity contribution in [3.8, 4) is 5.13 Å². The monoisotopic (exact) mass is 379 g/mol. The number of anilines is 3. The van der Waals surface area contributed by atoms with Gasteiger partial charge >= 0.3 is 0 Å². The third-order valence-electron chi connectivity index (χ3n) is 3.89. The van der Waals surface area contributed by atoms with Gasteiger partial charge in [0.2, 0.25) is 17.0 Å². The number of hydrogen-bond donors (Lipinski definition) is 2. The number of amides is 1. The Balaban J connectivity index is 1.57. The molecule has 2 heterocycles. The number of nitrogen functional groups attached to an aromatic ring is 1. The molecule has 136 valence electrons. The Kier molecular flexibility index (Phi) is 4.21. The quantitative estimate of drug-likeness (QED) is 0.565. The first-order chi connectivity index (χ1) is 13.0. The van der Waals surface area contributed by atoms with Crippen LogP contribution in [0.5, 0.6) is 0 Å². The van der Waals surface area contributed by atoms with Crippen molar-refractivity contribution in [2.45, 2.75) is 0 Å². The van der Waals surface area contributed by atoms with Gasteiger partial charge in [0.15, 0.2) is 0 Å². The number of carbonyl (C=O) groups excluding carboxylic acids is 1. The number of nitrogens with zero attached hydrogens (tertiary/aromatic N) is 5. The Bertz CT molecular complexity index is 1080. The van der Waals surface area contributed by atoms with Crippen molar-refractivity contribution >= 4 is 45.0 Å². The maximum absolute atomic E-state index is 11.9. The lowest BCUT2D eigenvalue weighted by Crippen LogP contribution is -2.21. The Morgan fingerprint density at radius 1 is 1.11 bits per heavy atom. The van der Waals surface area contributed by atoms with Crippen LogP contribution in [0.15, 0.2) is 48.5 Å². The first-order valence-electron chi connectivity index (χ1n) is 8.18. The Hall–Kier alpha value is -3.46. The largest absolute Gasteiger partial charge is 0.368 e. The average molecular weight is 379 g/mol. The molecule has 0 unspecified atom stereocenters. The normalized spacial score (nSPS) is 10.9. The number of aromatic nitrogens is 4. The Morgan fingerprint density at radius 2 is 1.85 bits per heavy atom. The fourth-order valence-corrected chi connectivity index (χ4v) is 3.48. The molecule has 4 aromatic rings. The van der Waals surface area contributed by atoms with E-state index in [2.05, 4.69) is 20.4 Å². The van der Waals surface area contributed by atoms with Gasteiger partial charge in [-0.15, -0.1) is 5.10 Å². The first kappa shape index (κ1) is 17.0. The van der Waals surface area contributed by atoms with Crippen molar-refractivity contribution in [2.24, 2.45) is 0 Å². The topological polar surface area (TPSA) is 102 Å². The maximum Gasteiger partial charge on any atom is 0.253 e. The Morgan fingerprint density at radius 3 is 2.56 bits per heavy atom. The van der Waals surface area contributed by atoms with Crippen LogP contribution in [0.3, 0.4) is 0 Å². The molecule has 4 rings (SSSR count). The SMILES string of the molecule is CN(C)C(=O)c1ccc(Nc2nc(N)n(-c3nc4ccccc4s3)n2)cc1. The van der Waals surface area contributed by atoms with Crippen LogP contribution in [0.1, 0.15) is 10.4 Å². The van der Waals surface area contributed by atoms with Crippen LogP contribution < -0.4 is 11.1 Å². The highest BCUT2D eigenvalue weighted by Crippen LogP contribution is 2.26. The number of nitrogens with one attached hydrogen (secondary N) is 1. The molecule has 1 amide bonds. The maximum atomic E-state index is 11.9. The van der Waals surface area contributed by atoms with E-state index in [-0.39, 0.29) is 11.9 Å². The molecule has 8 nitrogen and oxygen atoms in total. The number of hydrogen-bond acceptors (Lipinski definition) is 7. The molecule has 9 heteroatoms. The van der Waals surface area contributed by atoms with E-state index in [0.717, 1.165) is 15.9 Å². The summed E-state index contributed by atoms with van der Waals surface area (Å²) < 4.78 is 2.56. The third-order valence-corrected chi connectivity index (χ3v) is 4.90. The molecule has 0 fully saturated rings. The summed E-state index contributed by atoms with van der Waals surface area (Å²) in [6.07, 6.45) is 0. The van der Waals surface area contributed by atoms with Crippen molar-refractivity contribution in [1.82, 2.24) is 24.6 Å². The zero-order valence-corrected chi connectivity index (χ0v) is 15.6. The van der Waals surface area contributed by atoms with Crippen LogP contribution >= 0.6 is 11.3 Å². The van der Waals surface area contributed by atoms with Gasteiger partial charge in [0.05, 0.1) is 10.2 Å². The van der Waals surface area contributed by atoms with Crippen molar-refractivity contribution < 1.29 is 4.79 Å². The van der Waals surface area contributed by atoms with Crippen LogP contribution in [-0.4, -0.2) is 44.7 Å². The Labute approximate surface area is 159 Å². The molecule has 0 bridgehead atoms. The third kappa shape index (κ3) is 3.32. The second-order valence-corrected chi connectivity index (χ2v) is 7.08. The molecule has 0 aliphatic carbocycles. The van der Waals surface area contributed by atoms with Crippen LogP contribution in [-0.2, 0) is 0 Å². The lowest BCUT2D eigenvalue weighted by atomic mass is 10.2. The van der Waals surface area contributed by atoms with E-state index in [1.165, 1.54) is 20.9 Å². The second kappa shape index (κ2) is 6.69. The zero-order valence-electron chi connectivity index (χ0n) is 14.7. The molecule has 0 aliphatic rings. The van der Waals surface area contributed by atoms with Gasteiger partial charge in [-0.2, -0.15) is 9.67 Å². The lowest BCUT2D eigenvalue weighted by molar-refractivity contribution is 0.0827. The van der Waals surface area contributed by atoms with Gasteiger partial charge in [-0.25, -0.2) is 4.98 Å². The molecular weight excluding hydrogens is 362 g/mol. The molecule has 0 spiro atoms. The van der Waals surface area contributed by atoms with E-state index < -0.39 is 0 Å². The summed E-state index contributed by atoms with van der Waals surface area (Å²) in [6.45, 7) is 0. The number of nitrogens with two attached hydrogens (primary N) is 1. The minimum atomic E-state index is -0.0518. The molecule has 0 aliphatic heterocycles. The molecule has 0 saturated heterocycles. The van der Waals surface area contributed by atoms with Gasteiger partial charge in [0.25, 0.3) is 5.91 Å². The molecule has 0 saturated carbocycles. The van der Waals surface area contributed by atoms with E-state index in [4.69, 9.17) is 5.73 Å². The molecule has 3 N–H and O–H groups in total. The number of carbonyl (C=O) groups is 1. The standard InChI is InChI=1S/C18H17N7OS/c1-24(2)15(26)11-7-9-12(10-8-11)20-17-22-16(19)25(23-17)18-21-13-5-3-4-6-14(13)27-18/h3-10H,1-2H3,(H3,19,20,22,23). The van der Waals surface area contributed by atoms with E-state index >= 15 is 0 Å². The fourth-order valence-electron chi connectivity index (χ4n) is 2.55. The van der Waals surface area contributed by atoms with E-state index in [1.807, 2.05) is 24.3 Å². The highest BCUT2D eigenvalue weighted by atomic mass is 32.1. The summed E-state index contributed by atoms with van der Waals surface area (Å²) in [4.78, 5) is 22.3.